The van der Waals surface area contributed by atoms with E-state index in [-0.39, 0.29) is 17.5 Å². The molecule has 0 fully saturated rings. The van der Waals surface area contributed by atoms with E-state index in [1.807, 2.05) is 12.1 Å². The van der Waals surface area contributed by atoms with Crippen LogP contribution in [0, 0.1) is 5.82 Å². The largest absolute Gasteiger partial charge is 0.449 e. The monoisotopic (exact) mass is 401 g/mol. The molecule has 1 N–H and O–H groups in total. The maximum atomic E-state index is 12.9. The van der Waals surface area contributed by atoms with Gasteiger partial charge in [0.15, 0.2) is 11.3 Å². The molecule has 1 atom stereocenters. The maximum absolute atomic E-state index is 12.9. The van der Waals surface area contributed by atoms with Gasteiger partial charge in [0, 0.05) is 18.8 Å². The number of aromatic nitrogens is 2. The summed E-state index contributed by atoms with van der Waals surface area (Å²) in [6, 6.07) is 11.2. The van der Waals surface area contributed by atoms with Gasteiger partial charge in [0.1, 0.15) is 11.5 Å². The second kappa shape index (κ2) is 8.67. The Labute approximate surface area is 165 Å². The van der Waals surface area contributed by atoms with Crippen LogP contribution >= 0.6 is 11.6 Å². The number of pyridine rings is 1. The Balaban J connectivity index is 1.56. The molecule has 2 heterocycles. The highest BCUT2D eigenvalue weighted by Gasteiger charge is 2.16. The zero-order chi connectivity index (χ0) is 20.1. The van der Waals surface area contributed by atoms with Crippen LogP contribution < -0.4 is 5.32 Å². The van der Waals surface area contributed by atoms with Crippen LogP contribution in [0.15, 0.2) is 54.7 Å². The third-order valence-electron chi connectivity index (χ3n) is 3.94. The van der Waals surface area contributed by atoms with E-state index in [0.717, 1.165) is 5.56 Å². The number of ether oxygens (including phenoxy) is 1. The lowest BCUT2D eigenvalue weighted by Gasteiger charge is -2.12. The number of imidazole rings is 1. The van der Waals surface area contributed by atoms with Crippen LogP contribution in [0.1, 0.15) is 18.2 Å². The van der Waals surface area contributed by atoms with Crippen molar-refractivity contribution in [1.82, 2.24) is 14.7 Å². The van der Waals surface area contributed by atoms with Gasteiger partial charge in [0.25, 0.3) is 5.91 Å². The fraction of sp³-hybridized carbons (Fsp3) is 0.150. The van der Waals surface area contributed by atoms with E-state index in [2.05, 4.69) is 10.3 Å². The van der Waals surface area contributed by atoms with Crippen LogP contribution in [0.2, 0.25) is 5.15 Å². The summed E-state index contributed by atoms with van der Waals surface area (Å²) < 4.78 is 19.7. The Morgan fingerprint density at radius 2 is 2.04 bits per heavy atom. The molecule has 144 valence electrons. The van der Waals surface area contributed by atoms with Crippen molar-refractivity contribution in [2.75, 3.05) is 0 Å². The van der Waals surface area contributed by atoms with Gasteiger partial charge in [-0.1, -0.05) is 29.8 Å². The molecule has 0 unspecified atom stereocenters. The molecule has 6 nitrogen and oxygen atoms in total. The third kappa shape index (κ3) is 4.75. The predicted molar refractivity (Wildman–Crippen MR) is 103 cm³/mol. The number of halogens is 2. The maximum Gasteiger partial charge on any atom is 0.331 e. The van der Waals surface area contributed by atoms with E-state index in [1.54, 1.807) is 28.8 Å². The van der Waals surface area contributed by atoms with Crippen molar-refractivity contribution in [3.05, 3.63) is 77.0 Å². The summed E-state index contributed by atoms with van der Waals surface area (Å²) in [4.78, 5) is 28.2. The average Bonchev–Trinajstić information content (AvgIpc) is 3.00. The molecule has 0 saturated carbocycles. The summed E-state index contributed by atoms with van der Waals surface area (Å²) in [6.07, 6.45) is 3.44. The molecule has 1 amide bonds. The van der Waals surface area contributed by atoms with Crippen molar-refractivity contribution in [2.45, 2.75) is 19.6 Å². The number of hydrogen-bond donors (Lipinski definition) is 1. The van der Waals surface area contributed by atoms with Gasteiger partial charge in [-0.2, -0.15) is 0 Å². The lowest BCUT2D eigenvalue weighted by atomic mass is 10.2. The topological polar surface area (TPSA) is 72.7 Å². The summed E-state index contributed by atoms with van der Waals surface area (Å²) >= 11 is 6.09. The number of amides is 1. The molecule has 0 saturated heterocycles. The van der Waals surface area contributed by atoms with Gasteiger partial charge in [0.05, 0.1) is 5.69 Å². The van der Waals surface area contributed by atoms with Crippen molar-refractivity contribution in [1.29, 1.82) is 0 Å². The Morgan fingerprint density at radius 1 is 1.29 bits per heavy atom. The molecule has 0 bridgehead atoms. The van der Waals surface area contributed by atoms with Gasteiger partial charge >= 0.3 is 5.97 Å². The standard InChI is InChI=1S/C20H17ClFN3O3/c1-13(20(27)23-12-14-5-7-15(22)8-6-14)28-18(26)10-9-16-19(21)24-17-4-2-3-11-25(16)17/h2-11,13H,12H2,1H3,(H,23,27)/b10-9+/t13-/m0/s1. The molecule has 2 aromatic heterocycles. The molecule has 3 aromatic rings. The summed E-state index contributed by atoms with van der Waals surface area (Å²) in [5.41, 5.74) is 1.91. The van der Waals surface area contributed by atoms with Crippen LogP contribution in [0.5, 0.6) is 0 Å². The van der Waals surface area contributed by atoms with E-state index in [4.69, 9.17) is 16.3 Å². The third-order valence-corrected chi connectivity index (χ3v) is 4.22. The molecule has 3 rings (SSSR count). The number of nitrogens with one attached hydrogen (secondary N) is 1. The van der Waals surface area contributed by atoms with Crippen molar-refractivity contribution in [2.24, 2.45) is 0 Å². The smallest absolute Gasteiger partial charge is 0.331 e. The normalized spacial score (nSPS) is 12.2. The Hall–Kier alpha value is -3.19. The molecule has 28 heavy (non-hydrogen) atoms. The predicted octanol–water partition coefficient (Wildman–Crippen LogP) is 3.39. The van der Waals surface area contributed by atoms with Gasteiger partial charge in [-0.15, -0.1) is 0 Å². The van der Waals surface area contributed by atoms with Gasteiger partial charge in [-0.3, -0.25) is 9.20 Å². The first-order chi connectivity index (χ1) is 13.4. The first-order valence-electron chi connectivity index (χ1n) is 8.47. The lowest BCUT2D eigenvalue weighted by Crippen LogP contribution is -2.35. The van der Waals surface area contributed by atoms with Crippen molar-refractivity contribution in [3.63, 3.8) is 0 Å². The molecule has 0 aliphatic heterocycles. The van der Waals surface area contributed by atoms with Crippen molar-refractivity contribution >= 4 is 35.2 Å². The first-order valence-corrected chi connectivity index (χ1v) is 8.85. The highest BCUT2D eigenvalue weighted by atomic mass is 35.5. The first kappa shape index (κ1) is 19.6. The summed E-state index contributed by atoms with van der Waals surface area (Å²) in [5, 5.41) is 2.88. The molecular formula is C20H17ClFN3O3. The molecule has 0 aliphatic carbocycles. The fourth-order valence-corrected chi connectivity index (χ4v) is 2.73. The lowest BCUT2D eigenvalue weighted by molar-refractivity contribution is -0.150. The molecule has 1 aromatic carbocycles. The zero-order valence-corrected chi connectivity index (χ0v) is 15.7. The van der Waals surface area contributed by atoms with E-state index in [0.29, 0.717) is 11.3 Å². The minimum atomic E-state index is -0.991. The van der Waals surface area contributed by atoms with Gasteiger partial charge in [-0.05, 0) is 42.8 Å². The zero-order valence-electron chi connectivity index (χ0n) is 14.9. The molecule has 8 heteroatoms. The van der Waals surface area contributed by atoms with Crippen LogP contribution in [0.4, 0.5) is 4.39 Å². The summed E-state index contributed by atoms with van der Waals surface area (Å²) in [6.45, 7) is 1.67. The number of fused-ring (bicyclic) bond motifs is 1. The number of carbonyl (C=O) groups is 2. The number of rotatable bonds is 6. The Morgan fingerprint density at radius 3 is 2.79 bits per heavy atom. The number of carbonyl (C=O) groups excluding carboxylic acids is 2. The van der Waals surface area contributed by atoms with Gasteiger partial charge in [-0.25, -0.2) is 14.2 Å². The minimum Gasteiger partial charge on any atom is -0.449 e. The van der Waals surface area contributed by atoms with Crippen molar-refractivity contribution in [3.8, 4) is 0 Å². The van der Waals surface area contributed by atoms with E-state index < -0.39 is 18.0 Å². The van der Waals surface area contributed by atoms with Crippen molar-refractivity contribution < 1.29 is 18.7 Å². The Bertz CT molecular complexity index is 1030. The molecule has 0 aliphatic rings. The van der Waals surface area contributed by atoms with Gasteiger partial charge < -0.3 is 10.1 Å². The van der Waals surface area contributed by atoms with Crippen LogP contribution in [0.3, 0.4) is 0 Å². The van der Waals surface area contributed by atoms with Crippen LogP contribution in [-0.2, 0) is 20.9 Å². The molecule has 0 radical (unpaired) electrons. The number of nitrogens with zero attached hydrogens (tertiary/aromatic N) is 2. The second-order valence-electron chi connectivity index (χ2n) is 5.97. The molecule has 0 spiro atoms. The Kier molecular flexibility index (Phi) is 6.06. The summed E-state index contributed by atoms with van der Waals surface area (Å²) in [7, 11) is 0. The van der Waals surface area contributed by atoms with E-state index in [9.17, 15) is 14.0 Å². The van der Waals surface area contributed by atoms with E-state index >= 15 is 0 Å². The quantitative estimate of drug-likeness (QED) is 0.507. The number of hydrogen-bond acceptors (Lipinski definition) is 4. The van der Waals surface area contributed by atoms with Gasteiger partial charge in [0.2, 0.25) is 0 Å². The van der Waals surface area contributed by atoms with Crippen LogP contribution in [0.25, 0.3) is 11.7 Å². The molecular weight excluding hydrogens is 385 g/mol. The van der Waals surface area contributed by atoms with Crippen LogP contribution in [-0.4, -0.2) is 27.4 Å². The second-order valence-corrected chi connectivity index (χ2v) is 6.33. The fourth-order valence-electron chi connectivity index (χ4n) is 2.48. The minimum absolute atomic E-state index is 0.203. The highest BCUT2D eigenvalue weighted by molar-refractivity contribution is 6.31. The highest BCUT2D eigenvalue weighted by Crippen LogP contribution is 2.18. The summed E-state index contributed by atoms with van der Waals surface area (Å²) in [5.74, 6) is -1.50. The number of benzene rings is 1. The number of esters is 1. The average molecular weight is 402 g/mol. The van der Waals surface area contributed by atoms with E-state index in [1.165, 1.54) is 31.2 Å². The SMILES string of the molecule is C[C@H](OC(=O)/C=C/c1c(Cl)nc2ccccn12)C(=O)NCc1ccc(F)cc1.